The van der Waals surface area contributed by atoms with Gasteiger partial charge in [0.2, 0.25) is 0 Å². The van der Waals surface area contributed by atoms with Gasteiger partial charge in [-0.2, -0.15) is 0 Å². The fourth-order valence-corrected chi connectivity index (χ4v) is 3.35. The van der Waals surface area contributed by atoms with Crippen LogP contribution < -0.4 is 4.74 Å². The molecule has 1 heterocycles. The zero-order valence-corrected chi connectivity index (χ0v) is 13.7. The Kier molecular flexibility index (Phi) is 5.51. The van der Waals surface area contributed by atoms with Crippen LogP contribution in [0, 0.1) is 5.41 Å². The van der Waals surface area contributed by atoms with Gasteiger partial charge in [-0.25, -0.2) is 0 Å². The lowest BCUT2D eigenvalue weighted by atomic mass is 9.74. The maximum Gasteiger partial charge on any atom is 0.162 e. The summed E-state index contributed by atoms with van der Waals surface area (Å²) in [5.41, 5.74) is 1.52. The van der Waals surface area contributed by atoms with Crippen LogP contribution in [0.15, 0.2) is 18.2 Å². The van der Waals surface area contributed by atoms with Gasteiger partial charge in [-0.05, 0) is 44.3 Å². The topological polar surface area (TPSA) is 32.7 Å². The van der Waals surface area contributed by atoms with Crippen LogP contribution in [-0.4, -0.2) is 29.7 Å². The summed E-state index contributed by atoms with van der Waals surface area (Å²) < 4.78 is 5.47. The molecule has 0 bridgehead atoms. The molecule has 3 nitrogen and oxygen atoms in total. The Morgan fingerprint density at radius 2 is 1.81 bits per heavy atom. The Morgan fingerprint density at radius 1 is 1.14 bits per heavy atom. The molecule has 0 saturated carbocycles. The SMILES string of the molecule is CCOc1cccc(CN2CCC(CC)(CC)CC2)c1O. The quantitative estimate of drug-likeness (QED) is 0.853. The number of ether oxygens (including phenoxy) is 1. The molecule has 118 valence electrons. The lowest BCUT2D eigenvalue weighted by Gasteiger charge is -2.41. The zero-order valence-electron chi connectivity index (χ0n) is 13.7. The predicted octanol–water partition coefficient (Wildman–Crippen LogP) is 4.19. The summed E-state index contributed by atoms with van der Waals surface area (Å²) in [7, 11) is 0. The van der Waals surface area contributed by atoms with Gasteiger partial charge >= 0.3 is 0 Å². The molecule has 1 saturated heterocycles. The van der Waals surface area contributed by atoms with Gasteiger partial charge < -0.3 is 9.84 Å². The molecule has 1 fully saturated rings. The van der Waals surface area contributed by atoms with E-state index in [4.69, 9.17) is 4.74 Å². The third-order valence-electron chi connectivity index (χ3n) is 5.19. The van der Waals surface area contributed by atoms with Gasteiger partial charge in [-0.3, -0.25) is 4.90 Å². The number of likely N-dealkylation sites (tertiary alicyclic amines) is 1. The van der Waals surface area contributed by atoms with Gasteiger partial charge in [0.1, 0.15) is 0 Å². The normalized spacial score (nSPS) is 18.6. The molecule has 1 aliphatic heterocycles. The first-order valence-electron chi connectivity index (χ1n) is 8.30. The second kappa shape index (κ2) is 7.17. The number of piperidine rings is 1. The summed E-state index contributed by atoms with van der Waals surface area (Å²) in [6.07, 6.45) is 5.10. The molecule has 0 unspecified atom stereocenters. The minimum absolute atomic E-state index is 0.308. The van der Waals surface area contributed by atoms with E-state index in [1.54, 1.807) is 0 Å². The Balaban J connectivity index is 1.99. The van der Waals surface area contributed by atoms with Crippen LogP contribution in [-0.2, 0) is 6.54 Å². The number of para-hydroxylation sites is 1. The highest BCUT2D eigenvalue weighted by Crippen LogP contribution is 2.39. The van der Waals surface area contributed by atoms with Crippen LogP contribution in [0.25, 0.3) is 0 Å². The van der Waals surface area contributed by atoms with Crippen LogP contribution in [0.3, 0.4) is 0 Å². The average molecular weight is 291 g/mol. The standard InChI is InChI=1S/C18H29NO2/c1-4-18(5-2)10-12-19(13-11-18)14-15-8-7-9-16(17(15)20)21-6-3/h7-9,20H,4-6,10-14H2,1-3H3. The van der Waals surface area contributed by atoms with Crippen molar-refractivity contribution in [2.45, 2.75) is 53.0 Å². The summed E-state index contributed by atoms with van der Waals surface area (Å²) in [6.45, 7) is 10.2. The Hall–Kier alpha value is -1.22. The van der Waals surface area contributed by atoms with Crippen LogP contribution in [0.2, 0.25) is 0 Å². The van der Waals surface area contributed by atoms with Gasteiger partial charge in [-0.1, -0.05) is 38.8 Å². The summed E-state index contributed by atoms with van der Waals surface area (Å²) in [5.74, 6) is 0.908. The van der Waals surface area contributed by atoms with E-state index < -0.39 is 0 Å². The largest absolute Gasteiger partial charge is 0.504 e. The number of benzene rings is 1. The Morgan fingerprint density at radius 3 is 2.38 bits per heavy atom. The summed E-state index contributed by atoms with van der Waals surface area (Å²) >= 11 is 0. The molecule has 1 N–H and O–H groups in total. The van der Waals surface area contributed by atoms with Crippen molar-refractivity contribution in [1.29, 1.82) is 0 Å². The van der Waals surface area contributed by atoms with Crippen LogP contribution in [0.5, 0.6) is 11.5 Å². The molecule has 2 rings (SSSR count). The second-order valence-corrected chi connectivity index (χ2v) is 6.18. The average Bonchev–Trinajstić information content (AvgIpc) is 2.52. The van der Waals surface area contributed by atoms with Gasteiger partial charge in [0, 0.05) is 12.1 Å². The van der Waals surface area contributed by atoms with Crippen molar-refractivity contribution in [3.63, 3.8) is 0 Å². The van der Waals surface area contributed by atoms with Crippen molar-refractivity contribution < 1.29 is 9.84 Å². The Bertz CT molecular complexity index is 445. The van der Waals surface area contributed by atoms with E-state index in [2.05, 4.69) is 18.7 Å². The highest BCUT2D eigenvalue weighted by molar-refractivity contribution is 5.45. The lowest BCUT2D eigenvalue weighted by molar-refractivity contribution is 0.0903. The minimum atomic E-state index is 0.308. The van der Waals surface area contributed by atoms with Crippen molar-refractivity contribution in [3.05, 3.63) is 23.8 Å². The number of phenols is 1. The maximum absolute atomic E-state index is 10.3. The maximum atomic E-state index is 10.3. The number of hydrogen-bond acceptors (Lipinski definition) is 3. The van der Waals surface area contributed by atoms with Crippen molar-refractivity contribution in [1.82, 2.24) is 4.90 Å². The number of rotatable bonds is 6. The van der Waals surface area contributed by atoms with Gasteiger partial charge in [0.25, 0.3) is 0 Å². The molecule has 0 spiro atoms. The van der Waals surface area contributed by atoms with Crippen LogP contribution in [0.4, 0.5) is 0 Å². The molecule has 0 aliphatic carbocycles. The summed E-state index contributed by atoms with van der Waals surface area (Å²) in [5, 5.41) is 10.3. The van der Waals surface area contributed by atoms with Crippen molar-refractivity contribution >= 4 is 0 Å². The first-order valence-corrected chi connectivity index (χ1v) is 8.30. The van der Waals surface area contributed by atoms with E-state index in [1.807, 2.05) is 25.1 Å². The smallest absolute Gasteiger partial charge is 0.162 e. The first kappa shape index (κ1) is 16.2. The highest BCUT2D eigenvalue weighted by atomic mass is 16.5. The Labute approximate surface area is 128 Å². The van der Waals surface area contributed by atoms with E-state index in [-0.39, 0.29) is 0 Å². The molecule has 1 aliphatic rings. The van der Waals surface area contributed by atoms with E-state index in [0.717, 1.165) is 25.2 Å². The first-order chi connectivity index (χ1) is 10.1. The van der Waals surface area contributed by atoms with Crippen LogP contribution >= 0.6 is 0 Å². The van der Waals surface area contributed by atoms with E-state index in [0.29, 0.717) is 23.5 Å². The molecule has 3 heteroatoms. The molecule has 0 radical (unpaired) electrons. The molecule has 0 amide bonds. The van der Waals surface area contributed by atoms with Gasteiger partial charge in [0.15, 0.2) is 11.5 Å². The third kappa shape index (κ3) is 3.70. The highest BCUT2D eigenvalue weighted by Gasteiger charge is 2.31. The molecule has 0 aromatic heterocycles. The number of aromatic hydroxyl groups is 1. The summed E-state index contributed by atoms with van der Waals surface area (Å²) in [6, 6.07) is 5.80. The predicted molar refractivity (Wildman–Crippen MR) is 86.8 cm³/mol. The van der Waals surface area contributed by atoms with Crippen molar-refractivity contribution in [2.24, 2.45) is 5.41 Å². The molecule has 21 heavy (non-hydrogen) atoms. The van der Waals surface area contributed by atoms with Crippen molar-refractivity contribution in [3.8, 4) is 11.5 Å². The van der Waals surface area contributed by atoms with E-state index in [9.17, 15) is 5.11 Å². The number of phenolic OH excluding ortho intramolecular Hbond substituents is 1. The second-order valence-electron chi connectivity index (χ2n) is 6.18. The number of hydrogen-bond donors (Lipinski definition) is 1. The third-order valence-corrected chi connectivity index (χ3v) is 5.19. The van der Waals surface area contributed by atoms with Gasteiger partial charge in [0.05, 0.1) is 6.61 Å². The monoisotopic (exact) mass is 291 g/mol. The summed E-state index contributed by atoms with van der Waals surface area (Å²) in [4.78, 5) is 2.45. The fraction of sp³-hybridized carbons (Fsp3) is 0.667. The lowest BCUT2D eigenvalue weighted by Crippen LogP contribution is -2.39. The molecular weight excluding hydrogens is 262 g/mol. The fourth-order valence-electron chi connectivity index (χ4n) is 3.35. The van der Waals surface area contributed by atoms with Crippen molar-refractivity contribution in [2.75, 3.05) is 19.7 Å². The molecule has 1 aromatic rings. The molecule has 1 aromatic carbocycles. The molecule has 0 atom stereocenters. The van der Waals surface area contributed by atoms with E-state index in [1.165, 1.54) is 25.7 Å². The number of nitrogens with zero attached hydrogens (tertiary/aromatic N) is 1. The van der Waals surface area contributed by atoms with E-state index >= 15 is 0 Å². The minimum Gasteiger partial charge on any atom is -0.504 e. The van der Waals surface area contributed by atoms with Gasteiger partial charge in [-0.15, -0.1) is 0 Å². The molecular formula is C18H29NO2. The van der Waals surface area contributed by atoms with Crippen LogP contribution in [0.1, 0.15) is 52.0 Å². The zero-order chi connectivity index (χ0) is 15.3.